The molecule has 0 heterocycles. The first-order valence-electron chi connectivity index (χ1n) is 7.80. The third-order valence-electron chi connectivity index (χ3n) is 5.69. The largest absolute Gasteiger partial charge is 0.457 e. The highest BCUT2D eigenvalue weighted by Gasteiger charge is 2.67. The van der Waals surface area contributed by atoms with Crippen LogP contribution >= 0.6 is 0 Å². The van der Waals surface area contributed by atoms with Crippen LogP contribution in [0.2, 0.25) is 0 Å². The van der Waals surface area contributed by atoms with Crippen molar-refractivity contribution in [2.45, 2.75) is 52.1 Å². The second-order valence-corrected chi connectivity index (χ2v) is 11.5. The van der Waals surface area contributed by atoms with E-state index in [1.54, 1.807) is 18.0 Å². The second kappa shape index (κ2) is 5.85. The van der Waals surface area contributed by atoms with Gasteiger partial charge in [0, 0.05) is 12.3 Å². The van der Waals surface area contributed by atoms with Gasteiger partial charge in [0.1, 0.15) is 6.10 Å². The lowest BCUT2D eigenvalue weighted by Gasteiger charge is -2.41. The second-order valence-electron chi connectivity index (χ2n) is 7.75. The molecule has 2 rings (SSSR count). The molecule has 2 saturated carbocycles. The molecule has 25 heavy (non-hydrogen) atoms. The minimum atomic E-state index is -4.26. The molecule has 2 aliphatic carbocycles. The maximum absolute atomic E-state index is 13.2. The van der Waals surface area contributed by atoms with E-state index >= 15 is 0 Å². The Hall–Kier alpha value is -0.810. The van der Waals surface area contributed by atoms with Gasteiger partial charge in [0.05, 0.1) is 12.0 Å². The van der Waals surface area contributed by atoms with Gasteiger partial charge < -0.3 is 4.74 Å². The molecule has 11 heteroatoms. The number of ether oxygens (including phenoxy) is 1. The van der Waals surface area contributed by atoms with Gasteiger partial charge in [-0.15, -0.1) is 4.13 Å². The van der Waals surface area contributed by atoms with Gasteiger partial charge in [0.25, 0.3) is 0 Å². The number of rotatable bonds is 6. The molecule has 3 unspecified atom stereocenters. The summed E-state index contributed by atoms with van der Waals surface area (Å²) in [4.78, 5) is 11.6. The Labute approximate surface area is 146 Å². The number of carbonyl (C=O) groups is 1. The average Bonchev–Trinajstić information content (AvgIpc) is 2.67. The summed E-state index contributed by atoms with van der Waals surface area (Å²) < 4.78 is 80.2. The topological polar surface area (TPSA) is 107 Å². The molecule has 0 spiro atoms. The summed E-state index contributed by atoms with van der Waals surface area (Å²) in [5, 5.41) is 0. The summed E-state index contributed by atoms with van der Waals surface area (Å²) >= 11 is 0. The predicted octanol–water partition coefficient (Wildman–Crippen LogP) is 1.26. The van der Waals surface area contributed by atoms with Gasteiger partial charge in [-0.25, -0.2) is 21.6 Å². The van der Waals surface area contributed by atoms with Gasteiger partial charge in [-0.1, -0.05) is 13.8 Å². The predicted molar refractivity (Wildman–Crippen MR) is 85.8 cm³/mol. The van der Waals surface area contributed by atoms with Crippen LogP contribution in [0.3, 0.4) is 0 Å². The average molecular weight is 403 g/mol. The number of carbonyl (C=O) groups excluding carboxylic acids is 1. The van der Waals surface area contributed by atoms with Crippen molar-refractivity contribution in [1.82, 2.24) is 4.13 Å². The lowest BCUT2D eigenvalue weighted by Crippen LogP contribution is -2.50. The quantitative estimate of drug-likeness (QED) is 0.669. The summed E-state index contributed by atoms with van der Waals surface area (Å²) in [6, 6.07) is 0. The van der Waals surface area contributed by atoms with Crippen LogP contribution in [-0.4, -0.2) is 46.8 Å². The summed E-state index contributed by atoms with van der Waals surface area (Å²) in [6.45, 7) is 4.03. The summed E-state index contributed by atoms with van der Waals surface area (Å²) in [5.74, 6) is -5.99. The molecular weight excluding hydrogens is 380 g/mol. The Kier molecular flexibility index (Phi) is 4.80. The zero-order valence-corrected chi connectivity index (χ0v) is 16.1. The minimum Gasteiger partial charge on any atom is -0.457 e. The maximum atomic E-state index is 13.2. The van der Waals surface area contributed by atoms with Crippen molar-refractivity contribution >= 4 is 26.0 Å². The smallest absolute Gasteiger partial charge is 0.376 e. The van der Waals surface area contributed by atoms with Crippen molar-refractivity contribution in [2.75, 3.05) is 12.0 Å². The number of fused-ring (bicyclic) bond motifs is 2. The highest BCUT2D eigenvalue weighted by atomic mass is 32.3. The zero-order valence-electron chi connectivity index (χ0n) is 14.5. The lowest BCUT2D eigenvalue weighted by atomic mass is 9.69. The van der Waals surface area contributed by atoms with Crippen molar-refractivity contribution in [3.63, 3.8) is 0 Å². The third kappa shape index (κ3) is 3.82. The number of hydrogen-bond acceptors (Lipinski definition) is 6. The first-order chi connectivity index (χ1) is 11.0. The van der Waals surface area contributed by atoms with E-state index in [0.29, 0.717) is 26.0 Å². The Morgan fingerprint density at radius 1 is 1.28 bits per heavy atom. The van der Waals surface area contributed by atoms with E-state index in [1.807, 2.05) is 0 Å². The van der Waals surface area contributed by atoms with E-state index in [1.165, 1.54) is 0 Å². The van der Waals surface area contributed by atoms with E-state index in [4.69, 9.17) is 4.74 Å². The third-order valence-corrected chi connectivity index (χ3v) is 8.81. The standard InChI is InChI=1S/C14H23F2NO6S2/c1-12(2)9-5-6-14(12,8-25(21,22)17-24(4,19)20)10(7-9)23-11(18)13(3,15)16/h9-10,17H,5-8H2,1-4H3. The molecule has 2 fully saturated rings. The van der Waals surface area contributed by atoms with Crippen LogP contribution in [0.25, 0.3) is 0 Å². The van der Waals surface area contributed by atoms with E-state index in [2.05, 4.69) is 0 Å². The van der Waals surface area contributed by atoms with Crippen molar-refractivity contribution < 1.29 is 35.1 Å². The highest BCUT2D eigenvalue weighted by molar-refractivity contribution is 8.04. The molecule has 3 atom stereocenters. The Balaban J connectivity index is 2.36. The Morgan fingerprint density at radius 2 is 1.84 bits per heavy atom. The molecule has 146 valence electrons. The number of esters is 1. The molecular formula is C14H23F2NO6S2. The normalized spacial score (nSPS) is 31.9. The molecule has 7 nitrogen and oxygen atoms in total. The fourth-order valence-corrected chi connectivity index (χ4v) is 7.80. The molecule has 0 saturated heterocycles. The van der Waals surface area contributed by atoms with Gasteiger partial charge in [0.2, 0.25) is 20.0 Å². The van der Waals surface area contributed by atoms with Crippen molar-refractivity contribution in [1.29, 1.82) is 0 Å². The zero-order chi connectivity index (χ0) is 19.5. The van der Waals surface area contributed by atoms with Gasteiger partial charge in [-0.2, -0.15) is 8.78 Å². The lowest BCUT2D eigenvalue weighted by molar-refractivity contribution is -0.182. The van der Waals surface area contributed by atoms with Crippen molar-refractivity contribution in [2.24, 2.45) is 16.7 Å². The van der Waals surface area contributed by atoms with Gasteiger partial charge in [0.15, 0.2) is 0 Å². The van der Waals surface area contributed by atoms with Gasteiger partial charge in [-0.3, -0.25) is 0 Å². The summed E-state index contributed by atoms with van der Waals surface area (Å²) in [7, 11) is -8.27. The van der Waals surface area contributed by atoms with Crippen LogP contribution in [0, 0.1) is 16.7 Å². The van der Waals surface area contributed by atoms with Crippen LogP contribution < -0.4 is 4.13 Å². The first kappa shape index (κ1) is 20.5. The molecule has 0 radical (unpaired) electrons. The molecule has 0 aromatic rings. The molecule has 0 amide bonds. The SMILES string of the molecule is CC(F)(F)C(=O)OC1CC2CCC1(CS(=O)(=O)NS(C)(=O)=O)C2(C)C. The fraction of sp³-hybridized carbons (Fsp3) is 0.929. The Morgan fingerprint density at radius 3 is 2.28 bits per heavy atom. The fourth-order valence-electron chi connectivity index (χ4n) is 4.34. The minimum absolute atomic E-state index is 0.00390. The van der Waals surface area contributed by atoms with Crippen LogP contribution in [0.5, 0.6) is 0 Å². The summed E-state index contributed by atoms with van der Waals surface area (Å²) in [6.07, 6.45) is 1.01. The molecule has 1 N–H and O–H groups in total. The number of nitrogens with one attached hydrogen (secondary N) is 1. The maximum Gasteiger partial charge on any atom is 0.376 e. The number of sulfonamides is 2. The molecule has 2 aliphatic rings. The van der Waals surface area contributed by atoms with Gasteiger partial charge in [-0.05, 0) is 30.6 Å². The van der Waals surface area contributed by atoms with Gasteiger partial charge >= 0.3 is 11.9 Å². The van der Waals surface area contributed by atoms with Crippen LogP contribution in [0.15, 0.2) is 0 Å². The molecule has 0 aromatic heterocycles. The van der Waals surface area contributed by atoms with Crippen molar-refractivity contribution in [3.8, 4) is 0 Å². The monoisotopic (exact) mass is 403 g/mol. The number of halogens is 2. The van der Waals surface area contributed by atoms with Crippen LogP contribution in [-0.2, 0) is 29.6 Å². The molecule has 0 aromatic carbocycles. The highest BCUT2D eigenvalue weighted by Crippen LogP contribution is 2.67. The molecule has 2 bridgehead atoms. The number of hydrogen-bond donors (Lipinski definition) is 1. The Bertz CT molecular complexity index is 772. The number of alkyl halides is 2. The summed E-state index contributed by atoms with van der Waals surface area (Å²) in [5.41, 5.74) is -1.72. The van der Waals surface area contributed by atoms with Crippen LogP contribution in [0.4, 0.5) is 8.78 Å². The van der Waals surface area contributed by atoms with Crippen molar-refractivity contribution in [3.05, 3.63) is 0 Å². The van der Waals surface area contributed by atoms with E-state index < -0.39 is 54.6 Å². The van der Waals surface area contributed by atoms with Crippen LogP contribution in [0.1, 0.15) is 40.0 Å². The first-order valence-corrected chi connectivity index (χ1v) is 11.3. The van der Waals surface area contributed by atoms with E-state index in [-0.39, 0.29) is 12.3 Å². The van der Waals surface area contributed by atoms with E-state index in [0.717, 1.165) is 0 Å². The molecule has 0 aliphatic heterocycles. The van der Waals surface area contributed by atoms with E-state index in [9.17, 15) is 30.4 Å².